The van der Waals surface area contributed by atoms with Crippen molar-refractivity contribution < 1.29 is 4.79 Å². The van der Waals surface area contributed by atoms with E-state index >= 15 is 0 Å². The van der Waals surface area contributed by atoms with Crippen molar-refractivity contribution in [3.05, 3.63) is 47.8 Å². The molecule has 0 radical (unpaired) electrons. The lowest BCUT2D eigenvalue weighted by molar-refractivity contribution is -0.114. The molecule has 6 heteroatoms. The van der Waals surface area contributed by atoms with Gasteiger partial charge in [-0.1, -0.05) is 12.1 Å². The lowest BCUT2D eigenvalue weighted by Gasteiger charge is -2.14. The van der Waals surface area contributed by atoms with Crippen LogP contribution in [0.2, 0.25) is 0 Å². The number of carbonyl (C=O) groups excluding carboxylic acids is 1. The number of nitrogens with one attached hydrogen (secondary N) is 2. The monoisotopic (exact) mass is 325 g/mol. The fourth-order valence-electron chi connectivity index (χ4n) is 2.83. The first-order valence-corrected chi connectivity index (χ1v) is 8.34. The molecule has 0 atom stereocenters. The summed E-state index contributed by atoms with van der Waals surface area (Å²) in [5.74, 6) is 0.773. The summed E-state index contributed by atoms with van der Waals surface area (Å²) in [7, 11) is 0. The van der Waals surface area contributed by atoms with Crippen LogP contribution < -0.4 is 15.5 Å². The highest BCUT2D eigenvalue weighted by molar-refractivity contribution is 5.88. The van der Waals surface area contributed by atoms with E-state index in [1.165, 1.54) is 19.8 Å². The van der Waals surface area contributed by atoms with Crippen LogP contribution in [-0.2, 0) is 17.9 Å². The predicted octanol–water partition coefficient (Wildman–Crippen LogP) is 2.33. The zero-order valence-corrected chi connectivity index (χ0v) is 14.0. The summed E-state index contributed by atoms with van der Waals surface area (Å²) >= 11 is 0. The molecule has 126 valence electrons. The molecule has 1 aromatic heterocycles. The Hall–Kier alpha value is -2.47. The van der Waals surface area contributed by atoms with Gasteiger partial charge in [0, 0.05) is 56.7 Å². The van der Waals surface area contributed by atoms with Crippen LogP contribution >= 0.6 is 0 Å². The molecular formula is C18H23N5O. The lowest BCUT2D eigenvalue weighted by atomic mass is 10.2. The Morgan fingerprint density at radius 2 is 1.83 bits per heavy atom. The van der Waals surface area contributed by atoms with E-state index in [0.717, 1.165) is 42.4 Å². The maximum atomic E-state index is 11.1. The summed E-state index contributed by atoms with van der Waals surface area (Å²) in [4.78, 5) is 22.3. The maximum Gasteiger partial charge on any atom is 0.225 e. The van der Waals surface area contributed by atoms with Gasteiger partial charge >= 0.3 is 0 Å². The average Bonchev–Trinajstić information content (AvgIpc) is 3.10. The Morgan fingerprint density at radius 1 is 1.12 bits per heavy atom. The van der Waals surface area contributed by atoms with Gasteiger partial charge in [-0.3, -0.25) is 4.79 Å². The number of nitrogens with zero attached hydrogens (tertiary/aromatic N) is 3. The first kappa shape index (κ1) is 16.4. The second kappa shape index (κ2) is 7.88. The van der Waals surface area contributed by atoms with E-state index in [1.54, 1.807) is 0 Å². The van der Waals surface area contributed by atoms with Crippen molar-refractivity contribution in [1.29, 1.82) is 0 Å². The fraction of sp³-hybridized carbons (Fsp3) is 0.389. The molecule has 1 aliphatic heterocycles. The van der Waals surface area contributed by atoms with E-state index in [2.05, 4.69) is 25.5 Å². The highest BCUT2D eigenvalue weighted by Gasteiger charge is 2.14. The van der Waals surface area contributed by atoms with Crippen LogP contribution in [0.4, 0.5) is 11.6 Å². The van der Waals surface area contributed by atoms with E-state index in [0.29, 0.717) is 6.54 Å². The van der Waals surface area contributed by atoms with Crippen molar-refractivity contribution in [2.24, 2.45) is 0 Å². The zero-order chi connectivity index (χ0) is 16.8. The van der Waals surface area contributed by atoms with Gasteiger partial charge in [0.1, 0.15) is 0 Å². The Morgan fingerprint density at radius 3 is 2.54 bits per heavy atom. The third-order valence-electron chi connectivity index (χ3n) is 3.99. The number of aromatic nitrogens is 2. The van der Waals surface area contributed by atoms with Crippen LogP contribution in [0.15, 0.2) is 36.7 Å². The number of rotatable bonds is 6. The number of hydrogen-bond acceptors (Lipinski definition) is 5. The largest absolute Gasteiger partial charge is 0.341 e. The van der Waals surface area contributed by atoms with Crippen molar-refractivity contribution >= 4 is 17.5 Å². The number of carbonyl (C=O) groups is 1. The summed E-state index contributed by atoms with van der Waals surface area (Å²) < 4.78 is 0. The predicted molar refractivity (Wildman–Crippen MR) is 94.8 cm³/mol. The Kier molecular flexibility index (Phi) is 5.38. The third-order valence-corrected chi connectivity index (χ3v) is 3.99. The van der Waals surface area contributed by atoms with Crippen molar-refractivity contribution in [1.82, 2.24) is 15.3 Å². The normalized spacial score (nSPS) is 14.0. The Bertz CT molecular complexity index is 680. The molecule has 1 saturated heterocycles. The molecule has 0 aliphatic carbocycles. The first-order valence-electron chi connectivity index (χ1n) is 8.34. The minimum absolute atomic E-state index is 0.0599. The van der Waals surface area contributed by atoms with Gasteiger partial charge in [0.15, 0.2) is 0 Å². The summed E-state index contributed by atoms with van der Waals surface area (Å²) in [5.41, 5.74) is 3.01. The van der Waals surface area contributed by atoms with Gasteiger partial charge in [-0.25, -0.2) is 9.97 Å². The number of anilines is 2. The van der Waals surface area contributed by atoms with Gasteiger partial charge in [-0.05, 0) is 30.5 Å². The van der Waals surface area contributed by atoms with Gasteiger partial charge in [0.25, 0.3) is 0 Å². The van der Waals surface area contributed by atoms with E-state index < -0.39 is 0 Å². The molecule has 2 aromatic rings. The van der Waals surface area contributed by atoms with Gasteiger partial charge < -0.3 is 15.5 Å². The zero-order valence-electron chi connectivity index (χ0n) is 14.0. The van der Waals surface area contributed by atoms with Crippen LogP contribution in [0.1, 0.15) is 30.9 Å². The SMILES string of the molecule is CC(=O)Nc1cccc(CNCc2cnc(N3CCCC3)nc2)c1. The van der Waals surface area contributed by atoms with Gasteiger partial charge in [-0.2, -0.15) is 0 Å². The van der Waals surface area contributed by atoms with Crippen molar-refractivity contribution in [3.8, 4) is 0 Å². The van der Waals surface area contributed by atoms with Gasteiger partial charge in [0.2, 0.25) is 11.9 Å². The fourth-order valence-corrected chi connectivity index (χ4v) is 2.83. The molecule has 2 heterocycles. The molecule has 0 bridgehead atoms. The topological polar surface area (TPSA) is 70.2 Å². The molecule has 1 amide bonds. The number of benzene rings is 1. The molecule has 24 heavy (non-hydrogen) atoms. The second-order valence-electron chi connectivity index (χ2n) is 6.07. The molecule has 3 rings (SSSR count). The Balaban J connectivity index is 1.50. The summed E-state index contributed by atoms with van der Waals surface area (Å²) in [6.07, 6.45) is 6.23. The summed E-state index contributed by atoms with van der Waals surface area (Å²) in [6.45, 7) is 5.06. The average molecular weight is 325 g/mol. The van der Waals surface area contributed by atoms with Crippen LogP contribution in [0, 0.1) is 0 Å². The molecule has 1 aromatic carbocycles. The van der Waals surface area contributed by atoms with Crippen molar-refractivity contribution in [2.75, 3.05) is 23.3 Å². The van der Waals surface area contributed by atoms with Crippen molar-refractivity contribution in [2.45, 2.75) is 32.9 Å². The number of amides is 1. The summed E-state index contributed by atoms with van der Waals surface area (Å²) in [5, 5.41) is 6.18. The van der Waals surface area contributed by atoms with E-state index in [1.807, 2.05) is 36.7 Å². The molecule has 2 N–H and O–H groups in total. The third kappa shape index (κ3) is 4.52. The molecule has 0 spiro atoms. The van der Waals surface area contributed by atoms with Gasteiger partial charge in [0.05, 0.1) is 0 Å². The second-order valence-corrected chi connectivity index (χ2v) is 6.07. The Labute approximate surface area is 142 Å². The minimum Gasteiger partial charge on any atom is -0.341 e. The molecule has 0 unspecified atom stereocenters. The van der Waals surface area contributed by atoms with Crippen molar-refractivity contribution in [3.63, 3.8) is 0 Å². The minimum atomic E-state index is -0.0599. The lowest BCUT2D eigenvalue weighted by Crippen LogP contribution is -2.20. The summed E-state index contributed by atoms with van der Waals surface area (Å²) in [6, 6.07) is 7.83. The van der Waals surface area contributed by atoms with E-state index in [-0.39, 0.29) is 5.91 Å². The first-order chi connectivity index (χ1) is 11.7. The smallest absolute Gasteiger partial charge is 0.225 e. The molecule has 6 nitrogen and oxygen atoms in total. The highest BCUT2D eigenvalue weighted by Crippen LogP contribution is 2.15. The maximum absolute atomic E-state index is 11.1. The van der Waals surface area contributed by atoms with E-state index in [9.17, 15) is 4.79 Å². The van der Waals surface area contributed by atoms with Crippen LogP contribution in [-0.4, -0.2) is 29.0 Å². The molecule has 1 fully saturated rings. The van der Waals surface area contributed by atoms with Gasteiger partial charge in [-0.15, -0.1) is 0 Å². The molecule has 1 aliphatic rings. The number of hydrogen-bond donors (Lipinski definition) is 2. The van der Waals surface area contributed by atoms with Crippen LogP contribution in [0.25, 0.3) is 0 Å². The molecule has 0 saturated carbocycles. The standard InChI is InChI=1S/C18H23N5O/c1-14(24)22-17-6-4-5-15(9-17)10-19-11-16-12-20-18(21-13-16)23-7-2-3-8-23/h4-6,9,12-13,19H,2-3,7-8,10-11H2,1H3,(H,22,24). The quantitative estimate of drug-likeness (QED) is 0.853. The van der Waals surface area contributed by atoms with E-state index in [4.69, 9.17) is 0 Å². The highest BCUT2D eigenvalue weighted by atomic mass is 16.1. The molecular weight excluding hydrogens is 302 g/mol. The van der Waals surface area contributed by atoms with Crippen LogP contribution in [0.3, 0.4) is 0 Å². The van der Waals surface area contributed by atoms with Crippen LogP contribution in [0.5, 0.6) is 0 Å².